The molecule has 100 valence electrons. The van der Waals surface area contributed by atoms with Crippen LogP contribution in [0.3, 0.4) is 0 Å². The number of benzene rings is 1. The van der Waals surface area contributed by atoms with E-state index in [2.05, 4.69) is 28.4 Å². The number of hydrogen-bond acceptors (Lipinski definition) is 3. The molecule has 1 aromatic heterocycles. The molecular weight excluding hydrogens is 248 g/mol. The maximum absolute atomic E-state index is 9.19. The summed E-state index contributed by atoms with van der Waals surface area (Å²) in [6.45, 7) is 5.33. The summed E-state index contributed by atoms with van der Waals surface area (Å²) in [4.78, 5) is 8.68. The highest BCUT2D eigenvalue weighted by molar-refractivity contribution is 5.61. The van der Waals surface area contributed by atoms with Crippen molar-refractivity contribution in [2.75, 3.05) is 0 Å². The minimum Gasteiger partial charge on any atom is -0.381 e. The molecule has 0 saturated heterocycles. The van der Waals surface area contributed by atoms with Gasteiger partial charge in [0.1, 0.15) is 11.9 Å². The zero-order valence-corrected chi connectivity index (χ0v) is 11.4. The summed E-state index contributed by atoms with van der Waals surface area (Å²) in [6.07, 6.45) is 3.55. The average molecular weight is 264 g/mol. The van der Waals surface area contributed by atoms with Gasteiger partial charge in [-0.3, -0.25) is 0 Å². The summed E-state index contributed by atoms with van der Waals surface area (Å²) < 4.78 is 0. The summed E-state index contributed by atoms with van der Waals surface area (Å²) in [5.74, 6) is 6.41. The van der Waals surface area contributed by atoms with Crippen LogP contribution < -0.4 is 0 Å². The van der Waals surface area contributed by atoms with E-state index in [1.807, 2.05) is 30.3 Å². The predicted octanol–water partition coefficient (Wildman–Crippen LogP) is 2.60. The second kappa shape index (κ2) is 6.65. The fourth-order valence-corrected chi connectivity index (χ4v) is 1.73. The Morgan fingerprint density at radius 1 is 1.40 bits per heavy atom. The molecule has 2 rings (SSSR count). The van der Waals surface area contributed by atoms with Crippen LogP contribution in [0.5, 0.6) is 0 Å². The first-order valence-corrected chi connectivity index (χ1v) is 6.42. The van der Waals surface area contributed by atoms with Crippen molar-refractivity contribution in [2.24, 2.45) is 0 Å². The highest BCUT2D eigenvalue weighted by Gasteiger charge is 2.02. The first-order valence-electron chi connectivity index (χ1n) is 6.42. The van der Waals surface area contributed by atoms with Gasteiger partial charge in [0.15, 0.2) is 0 Å². The van der Waals surface area contributed by atoms with Crippen molar-refractivity contribution < 1.29 is 5.11 Å². The highest BCUT2D eigenvalue weighted by atomic mass is 16.3. The van der Waals surface area contributed by atoms with Gasteiger partial charge in [0.2, 0.25) is 0 Å². The lowest BCUT2D eigenvalue weighted by Gasteiger charge is -2.03. The summed E-state index contributed by atoms with van der Waals surface area (Å²) in [6, 6.07) is 9.64. The van der Waals surface area contributed by atoms with Gasteiger partial charge in [-0.1, -0.05) is 30.0 Å². The molecule has 1 aromatic carbocycles. The van der Waals surface area contributed by atoms with Crippen LogP contribution in [0.4, 0.5) is 0 Å². The summed E-state index contributed by atoms with van der Waals surface area (Å²) in [5, 5.41) is 9.19. The molecule has 0 amide bonds. The van der Waals surface area contributed by atoms with Crippen molar-refractivity contribution in [2.45, 2.75) is 19.4 Å². The van der Waals surface area contributed by atoms with Crippen molar-refractivity contribution in [3.63, 3.8) is 0 Å². The Morgan fingerprint density at radius 2 is 2.25 bits per heavy atom. The van der Waals surface area contributed by atoms with E-state index in [1.54, 1.807) is 19.2 Å². The standard InChI is InChI=1S/C17H16N2O/c1-3-5-17-18-11-10-16(19-17)15-7-4-6-14(12-15)9-8-13(2)20/h3-4,6-7,10-13,20H,1,5H2,2H3. The molecule has 2 aromatic rings. The van der Waals surface area contributed by atoms with Gasteiger partial charge in [-0.05, 0) is 25.1 Å². The molecule has 0 fully saturated rings. The van der Waals surface area contributed by atoms with E-state index >= 15 is 0 Å². The summed E-state index contributed by atoms with van der Waals surface area (Å²) in [5.41, 5.74) is 2.69. The molecule has 1 atom stereocenters. The van der Waals surface area contributed by atoms with Gasteiger partial charge in [-0.25, -0.2) is 9.97 Å². The normalized spacial score (nSPS) is 11.3. The largest absolute Gasteiger partial charge is 0.381 e. The third kappa shape index (κ3) is 3.78. The maximum Gasteiger partial charge on any atom is 0.132 e. The van der Waals surface area contributed by atoms with Gasteiger partial charge in [0.05, 0.1) is 5.69 Å². The van der Waals surface area contributed by atoms with Gasteiger partial charge >= 0.3 is 0 Å². The third-order valence-electron chi connectivity index (χ3n) is 2.62. The van der Waals surface area contributed by atoms with Crippen LogP contribution in [0.25, 0.3) is 11.3 Å². The Labute approximate surface area is 119 Å². The van der Waals surface area contributed by atoms with E-state index in [0.717, 1.165) is 22.6 Å². The molecule has 1 unspecified atom stereocenters. The average Bonchev–Trinajstić information content (AvgIpc) is 2.46. The quantitative estimate of drug-likeness (QED) is 0.684. The molecular formula is C17H16N2O. The lowest BCUT2D eigenvalue weighted by molar-refractivity contribution is 0.253. The molecule has 0 aliphatic rings. The van der Waals surface area contributed by atoms with Crippen molar-refractivity contribution >= 4 is 0 Å². The van der Waals surface area contributed by atoms with Crippen molar-refractivity contribution in [3.8, 4) is 23.1 Å². The molecule has 1 heterocycles. The number of rotatable bonds is 3. The summed E-state index contributed by atoms with van der Waals surface area (Å²) in [7, 11) is 0. The van der Waals surface area contributed by atoms with E-state index in [1.165, 1.54) is 0 Å². The Morgan fingerprint density at radius 3 is 3.00 bits per heavy atom. The Bertz CT molecular complexity index is 666. The van der Waals surface area contributed by atoms with E-state index in [0.29, 0.717) is 6.42 Å². The van der Waals surface area contributed by atoms with Gasteiger partial charge in [0, 0.05) is 23.7 Å². The molecule has 1 N–H and O–H groups in total. The number of aliphatic hydroxyl groups excluding tert-OH is 1. The number of hydrogen-bond donors (Lipinski definition) is 1. The van der Waals surface area contributed by atoms with Crippen LogP contribution in [-0.2, 0) is 6.42 Å². The Kier molecular flexibility index (Phi) is 4.65. The van der Waals surface area contributed by atoms with Crippen molar-refractivity contribution in [3.05, 3.63) is 60.6 Å². The lowest BCUT2D eigenvalue weighted by atomic mass is 10.1. The molecule has 20 heavy (non-hydrogen) atoms. The highest BCUT2D eigenvalue weighted by Crippen LogP contribution is 2.17. The minimum absolute atomic E-state index is 0.628. The number of aromatic nitrogens is 2. The fraction of sp³-hybridized carbons (Fsp3) is 0.176. The maximum atomic E-state index is 9.19. The van der Waals surface area contributed by atoms with Crippen molar-refractivity contribution in [1.82, 2.24) is 9.97 Å². The molecule has 3 nitrogen and oxygen atoms in total. The fourth-order valence-electron chi connectivity index (χ4n) is 1.73. The second-order valence-electron chi connectivity index (χ2n) is 4.38. The van der Waals surface area contributed by atoms with E-state index in [9.17, 15) is 5.11 Å². The van der Waals surface area contributed by atoms with E-state index in [-0.39, 0.29) is 0 Å². The SMILES string of the molecule is C=CCc1nccc(-c2cccc(C#CC(C)O)c2)n1. The molecule has 0 radical (unpaired) electrons. The number of aliphatic hydroxyl groups is 1. The molecule has 0 spiro atoms. The lowest BCUT2D eigenvalue weighted by Crippen LogP contribution is -1.95. The molecule has 3 heteroatoms. The predicted molar refractivity (Wildman–Crippen MR) is 79.9 cm³/mol. The monoisotopic (exact) mass is 264 g/mol. The summed E-state index contributed by atoms with van der Waals surface area (Å²) >= 11 is 0. The van der Waals surface area contributed by atoms with Gasteiger partial charge in [-0.2, -0.15) is 0 Å². The smallest absolute Gasteiger partial charge is 0.132 e. The zero-order valence-electron chi connectivity index (χ0n) is 11.4. The van der Waals surface area contributed by atoms with Crippen LogP contribution in [0, 0.1) is 11.8 Å². The first-order chi connectivity index (χ1) is 9.69. The van der Waals surface area contributed by atoms with Crippen LogP contribution in [0.15, 0.2) is 49.2 Å². The third-order valence-corrected chi connectivity index (χ3v) is 2.62. The van der Waals surface area contributed by atoms with Crippen LogP contribution in [0.2, 0.25) is 0 Å². The van der Waals surface area contributed by atoms with Crippen LogP contribution >= 0.6 is 0 Å². The zero-order chi connectivity index (χ0) is 14.4. The number of allylic oxidation sites excluding steroid dienone is 1. The Hall–Kier alpha value is -2.44. The minimum atomic E-state index is -0.628. The van der Waals surface area contributed by atoms with Gasteiger partial charge < -0.3 is 5.11 Å². The van der Waals surface area contributed by atoms with Gasteiger partial charge in [-0.15, -0.1) is 6.58 Å². The molecule has 0 saturated carbocycles. The Balaban J connectivity index is 2.34. The van der Waals surface area contributed by atoms with Crippen LogP contribution in [-0.4, -0.2) is 21.2 Å². The molecule has 0 aliphatic heterocycles. The second-order valence-corrected chi connectivity index (χ2v) is 4.38. The van der Waals surface area contributed by atoms with Crippen LogP contribution in [0.1, 0.15) is 18.3 Å². The van der Waals surface area contributed by atoms with E-state index < -0.39 is 6.10 Å². The molecule has 0 bridgehead atoms. The topological polar surface area (TPSA) is 46.0 Å². The first kappa shape index (κ1) is 14.0. The molecule has 0 aliphatic carbocycles. The van der Waals surface area contributed by atoms with Crippen molar-refractivity contribution in [1.29, 1.82) is 0 Å². The van der Waals surface area contributed by atoms with E-state index in [4.69, 9.17) is 0 Å². The van der Waals surface area contributed by atoms with Gasteiger partial charge in [0.25, 0.3) is 0 Å². The number of nitrogens with zero attached hydrogens (tertiary/aromatic N) is 2.